The van der Waals surface area contributed by atoms with Crippen molar-refractivity contribution in [2.75, 3.05) is 26.7 Å². The number of nitrogens with one attached hydrogen (secondary N) is 1. The van der Waals surface area contributed by atoms with E-state index in [4.69, 9.17) is 0 Å². The van der Waals surface area contributed by atoms with Gasteiger partial charge in [0.1, 0.15) is 0 Å². The van der Waals surface area contributed by atoms with Gasteiger partial charge in [0, 0.05) is 19.5 Å². The van der Waals surface area contributed by atoms with Gasteiger partial charge in [-0.05, 0) is 55.8 Å². The van der Waals surface area contributed by atoms with Gasteiger partial charge in [0.2, 0.25) is 5.91 Å². The van der Waals surface area contributed by atoms with Crippen molar-refractivity contribution in [3.8, 4) is 0 Å². The summed E-state index contributed by atoms with van der Waals surface area (Å²) >= 11 is 0. The molecule has 1 aromatic carbocycles. The number of likely N-dealkylation sites (tertiary alicyclic amines) is 1. The zero-order chi connectivity index (χ0) is 15.9. The predicted molar refractivity (Wildman–Crippen MR) is 99.3 cm³/mol. The van der Waals surface area contributed by atoms with Gasteiger partial charge < -0.3 is 10.2 Å². The molecule has 1 saturated heterocycles. The van der Waals surface area contributed by atoms with Gasteiger partial charge in [-0.3, -0.25) is 4.79 Å². The van der Waals surface area contributed by atoms with Crippen molar-refractivity contribution in [2.24, 2.45) is 5.92 Å². The van der Waals surface area contributed by atoms with Crippen LogP contribution in [0.3, 0.4) is 0 Å². The number of hydrogen-bond donors (Lipinski definition) is 1. The summed E-state index contributed by atoms with van der Waals surface area (Å²) in [4.78, 5) is 14.5. The first-order valence-corrected chi connectivity index (χ1v) is 8.61. The van der Waals surface area contributed by atoms with Crippen LogP contribution in [0.5, 0.6) is 0 Å². The maximum absolute atomic E-state index is 12.4. The van der Waals surface area contributed by atoms with Gasteiger partial charge in [-0.2, -0.15) is 0 Å². The fourth-order valence-corrected chi connectivity index (χ4v) is 3.23. The van der Waals surface area contributed by atoms with Crippen molar-refractivity contribution in [3.63, 3.8) is 0 Å². The van der Waals surface area contributed by atoms with Crippen LogP contribution in [0, 0.1) is 5.92 Å². The first kappa shape index (κ1) is 20.0. The number of aryl methyl sites for hydroxylation is 1. The highest BCUT2D eigenvalue weighted by atomic mass is 35.5. The summed E-state index contributed by atoms with van der Waals surface area (Å²) in [6, 6.07) is 8.72. The third kappa shape index (κ3) is 6.15. The molecular weight excluding hydrogens is 308 g/mol. The molecule has 0 aliphatic carbocycles. The molecule has 1 N–H and O–H groups in total. The van der Waals surface area contributed by atoms with E-state index in [0.29, 0.717) is 24.2 Å². The topological polar surface area (TPSA) is 32.3 Å². The minimum atomic E-state index is 0. The Morgan fingerprint density at radius 1 is 1.30 bits per heavy atom. The predicted octanol–water partition coefficient (Wildman–Crippen LogP) is 3.62. The van der Waals surface area contributed by atoms with Crippen molar-refractivity contribution in [3.05, 3.63) is 35.4 Å². The molecule has 0 saturated carbocycles. The number of nitrogens with zero attached hydrogens (tertiary/aromatic N) is 1. The third-order valence-electron chi connectivity index (χ3n) is 4.64. The quantitative estimate of drug-likeness (QED) is 0.859. The first-order chi connectivity index (χ1) is 10.6. The van der Waals surface area contributed by atoms with Crippen LogP contribution < -0.4 is 5.32 Å². The maximum Gasteiger partial charge on any atom is 0.222 e. The van der Waals surface area contributed by atoms with Gasteiger partial charge in [0.15, 0.2) is 0 Å². The SMILES string of the molecule is CNCC1CCCN(C(=O)CCc2ccc(C(C)C)cc2)C1.Cl. The van der Waals surface area contributed by atoms with Crippen molar-refractivity contribution in [2.45, 2.75) is 45.4 Å². The monoisotopic (exact) mass is 338 g/mol. The Bertz CT molecular complexity index is 471. The fourth-order valence-electron chi connectivity index (χ4n) is 3.23. The van der Waals surface area contributed by atoms with Crippen molar-refractivity contribution < 1.29 is 4.79 Å². The average Bonchev–Trinajstić information content (AvgIpc) is 2.53. The number of hydrogen-bond acceptors (Lipinski definition) is 2. The lowest BCUT2D eigenvalue weighted by molar-refractivity contribution is -0.132. The molecule has 1 fully saturated rings. The zero-order valence-corrected chi connectivity index (χ0v) is 15.5. The van der Waals surface area contributed by atoms with E-state index in [9.17, 15) is 4.79 Å². The summed E-state index contributed by atoms with van der Waals surface area (Å²) in [6.07, 6.45) is 3.86. The molecule has 4 heteroatoms. The maximum atomic E-state index is 12.4. The Morgan fingerprint density at radius 3 is 2.61 bits per heavy atom. The molecule has 0 aromatic heterocycles. The van der Waals surface area contributed by atoms with Crippen molar-refractivity contribution in [1.82, 2.24) is 10.2 Å². The van der Waals surface area contributed by atoms with Crippen LogP contribution in [0.2, 0.25) is 0 Å². The summed E-state index contributed by atoms with van der Waals surface area (Å²) in [6.45, 7) is 7.28. The van der Waals surface area contributed by atoms with E-state index in [1.165, 1.54) is 17.5 Å². The van der Waals surface area contributed by atoms with Crippen molar-refractivity contribution in [1.29, 1.82) is 0 Å². The molecule has 1 aliphatic heterocycles. The Balaban J connectivity index is 0.00000264. The van der Waals surface area contributed by atoms with E-state index in [2.05, 4.69) is 48.3 Å². The average molecular weight is 339 g/mol. The normalized spacial score (nSPS) is 17.9. The van der Waals surface area contributed by atoms with Crippen LogP contribution in [-0.2, 0) is 11.2 Å². The molecule has 0 spiro atoms. The van der Waals surface area contributed by atoms with Crippen LogP contribution in [-0.4, -0.2) is 37.5 Å². The summed E-state index contributed by atoms with van der Waals surface area (Å²) in [5.41, 5.74) is 2.63. The number of halogens is 1. The lowest BCUT2D eigenvalue weighted by atomic mass is 9.97. The van der Waals surface area contributed by atoms with E-state index in [0.717, 1.165) is 32.5 Å². The van der Waals surface area contributed by atoms with Gasteiger partial charge in [-0.1, -0.05) is 38.1 Å². The van der Waals surface area contributed by atoms with Gasteiger partial charge in [0.25, 0.3) is 0 Å². The van der Waals surface area contributed by atoms with Gasteiger partial charge in [-0.25, -0.2) is 0 Å². The highest BCUT2D eigenvalue weighted by Gasteiger charge is 2.22. The van der Waals surface area contributed by atoms with Gasteiger partial charge in [0.05, 0.1) is 0 Å². The molecule has 1 aromatic rings. The molecule has 1 heterocycles. The number of amides is 1. The molecule has 130 valence electrons. The second-order valence-corrected chi connectivity index (χ2v) is 6.80. The van der Waals surface area contributed by atoms with Gasteiger partial charge in [-0.15, -0.1) is 12.4 Å². The minimum Gasteiger partial charge on any atom is -0.342 e. The molecule has 23 heavy (non-hydrogen) atoms. The zero-order valence-electron chi connectivity index (χ0n) is 14.7. The summed E-state index contributed by atoms with van der Waals surface area (Å²) in [5.74, 6) is 1.50. The van der Waals surface area contributed by atoms with E-state index < -0.39 is 0 Å². The molecule has 0 bridgehead atoms. The molecule has 0 radical (unpaired) electrons. The third-order valence-corrected chi connectivity index (χ3v) is 4.64. The summed E-state index contributed by atoms with van der Waals surface area (Å²) < 4.78 is 0. The van der Waals surface area contributed by atoms with E-state index in [-0.39, 0.29) is 12.4 Å². The standard InChI is InChI=1S/C19H30N2O.ClH/c1-15(2)18-9-6-16(7-10-18)8-11-19(22)21-12-4-5-17(14-21)13-20-3;/h6-7,9-10,15,17,20H,4-5,8,11-14H2,1-3H3;1H. The Hall–Kier alpha value is -1.06. The second-order valence-electron chi connectivity index (χ2n) is 6.80. The van der Waals surface area contributed by atoms with E-state index in [1.54, 1.807) is 0 Å². The largest absolute Gasteiger partial charge is 0.342 e. The van der Waals surface area contributed by atoms with E-state index >= 15 is 0 Å². The van der Waals surface area contributed by atoms with Crippen LogP contribution >= 0.6 is 12.4 Å². The number of rotatable bonds is 6. The number of piperidine rings is 1. The minimum absolute atomic E-state index is 0. The van der Waals surface area contributed by atoms with Crippen LogP contribution in [0.1, 0.15) is 50.2 Å². The molecule has 1 amide bonds. The highest BCUT2D eigenvalue weighted by Crippen LogP contribution is 2.18. The second kappa shape index (κ2) is 9.94. The smallest absolute Gasteiger partial charge is 0.222 e. The summed E-state index contributed by atoms with van der Waals surface area (Å²) in [7, 11) is 1.99. The Kier molecular flexibility index (Phi) is 8.64. The molecule has 1 atom stereocenters. The number of carbonyl (C=O) groups is 1. The summed E-state index contributed by atoms with van der Waals surface area (Å²) in [5, 5.41) is 3.23. The molecule has 3 nitrogen and oxygen atoms in total. The van der Waals surface area contributed by atoms with Crippen LogP contribution in [0.25, 0.3) is 0 Å². The molecule has 1 aliphatic rings. The van der Waals surface area contributed by atoms with Crippen LogP contribution in [0.4, 0.5) is 0 Å². The fraction of sp³-hybridized carbons (Fsp3) is 0.632. The highest BCUT2D eigenvalue weighted by molar-refractivity contribution is 5.85. The van der Waals surface area contributed by atoms with Gasteiger partial charge >= 0.3 is 0 Å². The number of benzene rings is 1. The molecule has 2 rings (SSSR count). The number of carbonyl (C=O) groups excluding carboxylic acids is 1. The lowest BCUT2D eigenvalue weighted by Gasteiger charge is -2.32. The molecular formula is C19H31ClN2O. The van der Waals surface area contributed by atoms with Crippen LogP contribution in [0.15, 0.2) is 24.3 Å². The first-order valence-electron chi connectivity index (χ1n) is 8.61. The Labute approximate surface area is 147 Å². The lowest BCUT2D eigenvalue weighted by Crippen LogP contribution is -2.42. The molecule has 1 unspecified atom stereocenters. The van der Waals surface area contributed by atoms with E-state index in [1.807, 2.05) is 7.05 Å². The van der Waals surface area contributed by atoms with Crippen molar-refractivity contribution >= 4 is 18.3 Å². The Morgan fingerprint density at radius 2 is 2.00 bits per heavy atom.